The van der Waals surface area contributed by atoms with E-state index in [1.165, 1.54) is 12.8 Å². The molecule has 2 atom stereocenters. The van der Waals surface area contributed by atoms with E-state index in [1.54, 1.807) is 7.11 Å². The van der Waals surface area contributed by atoms with Gasteiger partial charge >= 0.3 is 0 Å². The van der Waals surface area contributed by atoms with Crippen molar-refractivity contribution in [2.75, 3.05) is 33.5 Å². The summed E-state index contributed by atoms with van der Waals surface area (Å²) in [5, 5.41) is 9.85. The fourth-order valence-corrected chi connectivity index (χ4v) is 2.09. The first-order chi connectivity index (χ1) is 8.34. The Morgan fingerprint density at radius 3 is 2.65 bits per heavy atom. The lowest BCUT2D eigenvalue weighted by Crippen LogP contribution is -2.28. The highest BCUT2D eigenvalue weighted by molar-refractivity contribution is 4.73. The lowest BCUT2D eigenvalue weighted by molar-refractivity contribution is -0.0467. The number of hydrogen-bond acceptors (Lipinski definition) is 4. The molecule has 4 nitrogen and oxygen atoms in total. The molecule has 1 aliphatic rings. The van der Waals surface area contributed by atoms with E-state index in [0.717, 1.165) is 25.7 Å². The van der Waals surface area contributed by atoms with Gasteiger partial charge in [-0.2, -0.15) is 0 Å². The number of ether oxygens (including phenoxy) is 3. The largest absolute Gasteiger partial charge is 0.390 e. The number of methoxy groups -OCH3 is 1. The highest BCUT2D eigenvalue weighted by Gasteiger charge is 2.21. The van der Waals surface area contributed by atoms with E-state index in [-0.39, 0.29) is 12.2 Å². The minimum absolute atomic E-state index is 0.0384. The molecule has 17 heavy (non-hydrogen) atoms. The summed E-state index contributed by atoms with van der Waals surface area (Å²) in [6.45, 7) is 2.66. The smallest absolute Gasteiger partial charge is 0.0833 e. The maximum atomic E-state index is 9.85. The molecular weight excluding hydrogens is 220 g/mol. The summed E-state index contributed by atoms with van der Waals surface area (Å²) in [6.07, 6.45) is 6.04. The molecule has 102 valence electrons. The predicted octanol–water partition coefficient (Wildman–Crippen LogP) is 1.75. The summed E-state index contributed by atoms with van der Waals surface area (Å²) in [4.78, 5) is 0. The number of aliphatic hydroxyl groups excluding tert-OH is 1. The van der Waals surface area contributed by atoms with Crippen molar-refractivity contribution in [2.24, 2.45) is 0 Å². The van der Waals surface area contributed by atoms with Gasteiger partial charge in [-0.25, -0.2) is 0 Å². The first-order valence-electron chi connectivity index (χ1n) is 6.71. The van der Waals surface area contributed by atoms with Crippen LogP contribution in [0.1, 0.15) is 38.5 Å². The molecule has 0 saturated heterocycles. The van der Waals surface area contributed by atoms with Crippen LogP contribution in [-0.4, -0.2) is 50.9 Å². The molecule has 4 heteroatoms. The van der Waals surface area contributed by atoms with Crippen LogP contribution in [0.4, 0.5) is 0 Å². The molecule has 1 fully saturated rings. The minimum Gasteiger partial charge on any atom is -0.390 e. The maximum Gasteiger partial charge on any atom is 0.0833 e. The number of aliphatic hydroxyl groups is 1. The zero-order chi connectivity index (χ0) is 12.3. The molecule has 0 radical (unpaired) electrons. The fourth-order valence-electron chi connectivity index (χ4n) is 2.09. The highest BCUT2D eigenvalue weighted by Crippen LogP contribution is 2.20. The third kappa shape index (κ3) is 6.99. The second kappa shape index (κ2) is 9.83. The Morgan fingerprint density at radius 2 is 1.82 bits per heavy atom. The van der Waals surface area contributed by atoms with E-state index in [9.17, 15) is 5.11 Å². The van der Waals surface area contributed by atoms with E-state index in [0.29, 0.717) is 26.4 Å². The summed E-state index contributed by atoms with van der Waals surface area (Å²) in [7, 11) is 1.67. The van der Waals surface area contributed by atoms with Gasteiger partial charge in [0.2, 0.25) is 0 Å². The van der Waals surface area contributed by atoms with E-state index in [4.69, 9.17) is 14.2 Å². The van der Waals surface area contributed by atoms with Crippen LogP contribution in [0.25, 0.3) is 0 Å². The van der Waals surface area contributed by atoms with Crippen LogP contribution >= 0.6 is 0 Å². The SMILES string of the molecule is COCCOCCCOC1CCCCCC1O. The van der Waals surface area contributed by atoms with Crippen LogP contribution in [0.3, 0.4) is 0 Å². The van der Waals surface area contributed by atoms with Gasteiger partial charge in [0, 0.05) is 20.3 Å². The lowest BCUT2D eigenvalue weighted by atomic mass is 10.1. The minimum atomic E-state index is -0.271. The summed E-state index contributed by atoms with van der Waals surface area (Å²) in [5.41, 5.74) is 0. The Bertz CT molecular complexity index is 175. The average Bonchev–Trinajstić information content (AvgIpc) is 2.53. The third-order valence-electron chi connectivity index (χ3n) is 3.11. The van der Waals surface area contributed by atoms with Crippen molar-refractivity contribution in [3.63, 3.8) is 0 Å². The fraction of sp³-hybridized carbons (Fsp3) is 1.00. The van der Waals surface area contributed by atoms with Crippen LogP contribution in [0.2, 0.25) is 0 Å². The Balaban J connectivity index is 1.97. The van der Waals surface area contributed by atoms with Gasteiger partial charge in [-0.3, -0.25) is 0 Å². The molecule has 0 amide bonds. The van der Waals surface area contributed by atoms with Crippen molar-refractivity contribution >= 4 is 0 Å². The Kier molecular flexibility index (Phi) is 8.61. The quantitative estimate of drug-likeness (QED) is 0.523. The Labute approximate surface area is 104 Å². The summed E-state index contributed by atoms with van der Waals surface area (Å²) >= 11 is 0. The number of hydrogen-bond donors (Lipinski definition) is 1. The van der Waals surface area contributed by atoms with Crippen LogP contribution in [0, 0.1) is 0 Å². The van der Waals surface area contributed by atoms with Crippen molar-refractivity contribution in [1.82, 2.24) is 0 Å². The van der Waals surface area contributed by atoms with Crippen molar-refractivity contribution in [1.29, 1.82) is 0 Å². The van der Waals surface area contributed by atoms with Gasteiger partial charge in [0.25, 0.3) is 0 Å². The Morgan fingerprint density at radius 1 is 1.00 bits per heavy atom. The second-order valence-corrected chi connectivity index (χ2v) is 4.57. The van der Waals surface area contributed by atoms with Gasteiger partial charge in [0.05, 0.1) is 25.4 Å². The van der Waals surface area contributed by atoms with Crippen molar-refractivity contribution in [3.8, 4) is 0 Å². The maximum absolute atomic E-state index is 9.85. The first kappa shape index (κ1) is 14.9. The van der Waals surface area contributed by atoms with Crippen molar-refractivity contribution in [3.05, 3.63) is 0 Å². The van der Waals surface area contributed by atoms with E-state index in [2.05, 4.69) is 0 Å². The molecule has 1 N–H and O–H groups in total. The molecule has 0 aliphatic heterocycles. The van der Waals surface area contributed by atoms with Crippen molar-refractivity contribution in [2.45, 2.75) is 50.7 Å². The van der Waals surface area contributed by atoms with Crippen LogP contribution in [0.5, 0.6) is 0 Å². The standard InChI is InChI=1S/C13H26O4/c1-15-10-11-16-8-5-9-17-13-7-4-2-3-6-12(13)14/h12-14H,2-11H2,1H3. The number of rotatable bonds is 8. The predicted molar refractivity (Wildman–Crippen MR) is 66.1 cm³/mol. The molecule has 0 spiro atoms. The zero-order valence-electron chi connectivity index (χ0n) is 10.9. The monoisotopic (exact) mass is 246 g/mol. The van der Waals surface area contributed by atoms with E-state index in [1.807, 2.05) is 0 Å². The topological polar surface area (TPSA) is 47.9 Å². The summed E-state index contributed by atoms with van der Waals surface area (Å²) in [6, 6.07) is 0. The molecule has 0 aromatic carbocycles. The molecular formula is C13H26O4. The van der Waals surface area contributed by atoms with Crippen molar-refractivity contribution < 1.29 is 19.3 Å². The first-order valence-corrected chi connectivity index (χ1v) is 6.71. The van der Waals surface area contributed by atoms with Gasteiger partial charge in [-0.1, -0.05) is 19.3 Å². The zero-order valence-corrected chi connectivity index (χ0v) is 10.9. The van der Waals surface area contributed by atoms with Gasteiger partial charge in [0.1, 0.15) is 0 Å². The molecule has 0 bridgehead atoms. The van der Waals surface area contributed by atoms with E-state index >= 15 is 0 Å². The van der Waals surface area contributed by atoms with Gasteiger partial charge < -0.3 is 19.3 Å². The Hall–Kier alpha value is -0.160. The van der Waals surface area contributed by atoms with Crippen LogP contribution in [-0.2, 0) is 14.2 Å². The normalized spacial score (nSPS) is 25.8. The molecule has 0 heterocycles. The van der Waals surface area contributed by atoms with Gasteiger partial charge in [-0.15, -0.1) is 0 Å². The van der Waals surface area contributed by atoms with Crippen LogP contribution < -0.4 is 0 Å². The molecule has 2 unspecified atom stereocenters. The van der Waals surface area contributed by atoms with Gasteiger partial charge in [0.15, 0.2) is 0 Å². The highest BCUT2D eigenvalue weighted by atomic mass is 16.5. The molecule has 0 aromatic heterocycles. The summed E-state index contributed by atoms with van der Waals surface area (Å²) < 4.78 is 16.0. The average molecular weight is 246 g/mol. The van der Waals surface area contributed by atoms with E-state index < -0.39 is 0 Å². The molecule has 0 aromatic rings. The van der Waals surface area contributed by atoms with Gasteiger partial charge in [-0.05, 0) is 19.3 Å². The molecule has 1 aliphatic carbocycles. The lowest BCUT2D eigenvalue weighted by Gasteiger charge is -2.20. The second-order valence-electron chi connectivity index (χ2n) is 4.57. The molecule has 1 saturated carbocycles. The third-order valence-corrected chi connectivity index (χ3v) is 3.11. The molecule has 1 rings (SSSR count). The summed E-state index contributed by atoms with van der Waals surface area (Å²) in [5.74, 6) is 0. The van der Waals surface area contributed by atoms with Crippen LogP contribution in [0.15, 0.2) is 0 Å².